The average Bonchev–Trinajstić information content (AvgIpc) is 3.14. The SMILES string of the molecule is COC(=O)c1cc(Cc2ccccc2)sc1NC(=S)NCCCc1ccccc1. The van der Waals surface area contributed by atoms with Crippen molar-refractivity contribution in [2.45, 2.75) is 19.3 Å². The zero-order chi connectivity index (χ0) is 20.5. The number of thiophene rings is 1. The van der Waals surface area contributed by atoms with Gasteiger partial charge in [-0.25, -0.2) is 4.79 Å². The van der Waals surface area contributed by atoms with Crippen LogP contribution in [0.5, 0.6) is 0 Å². The maximum absolute atomic E-state index is 12.2. The quantitative estimate of drug-likeness (QED) is 0.301. The second-order valence-electron chi connectivity index (χ2n) is 6.58. The van der Waals surface area contributed by atoms with E-state index >= 15 is 0 Å². The maximum Gasteiger partial charge on any atom is 0.340 e. The fraction of sp³-hybridized carbons (Fsp3) is 0.217. The van der Waals surface area contributed by atoms with Gasteiger partial charge < -0.3 is 15.4 Å². The molecule has 0 bridgehead atoms. The van der Waals surface area contributed by atoms with Crippen molar-refractivity contribution >= 4 is 39.6 Å². The molecular formula is C23H24N2O2S2. The zero-order valence-corrected chi connectivity index (χ0v) is 17.9. The van der Waals surface area contributed by atoms with Crippen molar-refractivity contribution in [2.75, 3.05) is 19.0 Å². The minimum Gasteiger partial charge on any atom is -0.465 e. The van der Waals surface area contributed by atoms with E-state index in [-0.39, 0.29) is 5.97 Å². The number of ether oxygens (including phenoxy) is 1. The summed E-state index contributed by atoms with van der Waals surface area (Å²) in [6, 6.07) is 22.4. The molecule has 0 atom stereocenters. The minimum absolute atomic E-state index is 0.366. The van der Waals surface area contributed by atoms with Crippen LogP contribution < -0.4 is 10.6 Å². The number of esters is 1. The Bertz CT molecular complexity index is 940. The molecule has 29 heavy (non-hydrogen) atoms. The third-order valence-corrected chi connectivity index (χ3v) is 5.70. The zero-order valence-electron chi connectivity index (χ0n) is 16.3. The number of hydrogen-bond donors (Lipinski definition) is 2. The number of nitrogens with one attached hydrogen (secondary N) is 2. The highest BCUT2D eigenvalue weighted by Crippen LogP contribution is 2.30. The van der Waals surface area contributed by atoms with Gasteiger partial charge in [-0.05, 0) is 42.3 Å². The van der Waals surface area contributed by atoms with Crippen molar-refractivity contribution in [3.8, 4) is 0 Å². The van der Waals surface area contributed by atoms with E-state index in [1.165, 1.54) is 29.6 Å². The molecule has 0 spiro atoms. The lowest BCUT2D eigenvalue weighted by Gasteiger charge is -2.10. The Morgan fingerprint density at radius 2 is 1.69 bits per heavy atom. The van der Waals surface area contributed by atoms with Gasteiger partial charge in [0.1, 0.15) is 5.00 Å². The van der Waals surface area contributed by atoms with Crippen LogP contribution in [0.4, 0.5) is 5.00 Å². The highest BCUT2D eigenvalue weighted by Gasteiger charge is 2.17. The molecule has 1 aromatic heterocycles. The van der Waals surface area contributed by atoms with Crippen LogP contribution in [-0.2, 0) is 17.6 Å². The Kier molecular flexibility index (Phi) is 7.78. The van der Waals surface area contributed by atoms with Crippen LogP contribution in [-0.4, -0.2) is 24.7 Å². The van der Waals surface area contributed by atoms with E-state index in [1.807, 2.05) is 42.5 Å². The molecule has 0 fully saturated rings. The Hall–Kier alpha value is -2.70. The molecule has 0 saturated carbocycles. The predicted octanol–water partition coefficient (Wildman–Crippen LogP) is 5.04. The van der Waals surface area contributed by atoms with Crippen molar-refractivity contribution in [2.24, 2.45) is 0 Å². The molecule has 6 heteroatoms. The lowest BCUT2D eigenvalue weighted by Crippen LogP contribution is -2.29. The van der Waals surface area contributed by atoms with E-state index < -0.39 is 0 Å². The summed E-state index contributed by atoms with van der Waals surface area (Å²) in [6.07, 6.45) is 2.72. The van der Waals surface area contributed by atoms with Crippen molar-refractivity contribution in [3.05, 3.63) is 88.3 Å². The highest BCUT2D eigenvalue weighted by atomic mass is 32.1. The smallest absolute Gasteiger partial charge is 0.340 e. The molecule has 150 valence electrons. The van der Waals surface area contributed by atoms with Gasteiger partial charge in [-0.15, -0.1) is 11.3 Å². The molecule has 0 saturated heterocycles. The summed E-state index contributed by atoms with van der Waals surface area (Å²) >= 11 is 6.94. The Balaban J connectivity index is 1.57. The first-order valence-corrected chi connectivity index (χ1v) is 10.7. The molecule has 0 amide bonds. The van der Waals surface area contributed by atoms with E-state index in [2.05, 4.69) is 34.9 Å². The molecule has 3 rings (SSSR count). The third kappa shape index (κ3) is 6.41. The van der Waals surface area contributed by atoms with Crippen LogP contribution in [0.2, 0.25) is 0 Å². The molecule has 0 radical (unpaired) electrons. The molecule has 2 N–H and O–H groups in total. The molecule has 0 unspecified atom stereocenters. The van der Waals surface area contributed by atoms with Gasteiger partial charge in [0.05, 0.1) is 12.7 Å². The number of hydrogen-bond acceptors (Lipinski definition) is 4. The number of anilines is 1. The molecule has 2 aromatic carbocycles. The fourth-order valence-electron chi connectivity index (χ4n) is 2.97. The van der Waals surface area contributed by atoms with Crippen molar-refractivity contribution in [1.29, 1.82) is 0 Å². The summed E-state index contributed by atoms with van der Waals surface area (Å²) in [4.78, 5) is 13.3. The van der Waals surface area contributed by atoms with E-state index in [9.17, 15) is 4.79 Å². The first-order chi connectivity index (χ1) is 14.2. The van der Waals surface area contributed by atoms with Gasteiger partial charge in [0.15, 0.2) is 5.11 Å². The largest absolute Gasteiger partial charge is 0.465 e. The van der Waals surface area contributed by atoms with Gasteiger partial charge in [0, 0.05) is 17.8 Å². The average molecular weight is 425 g/mol. The minimum atomic E-state index is -0.366. The van der Waals surface area contributed by atoms with Crippen molar-refractivity contribution < 1.29 is 9.53 Å². The van der Waals surface area contributed by atoms with Gasteiger partial charge in [-0.2, -0.15) is 0 Å². The lowest BCUT2D eigenvalue weighted by molar-refractivity contribution is 0.0602. The predicted molar refractivity (Wildman–Crippen MR) is 124 cm³/mol. The molecular weight excluding hydrogens is 400 g/mol. The molecule has 0 aliphatic heterocycles. The molecule has 0 aliphatic rings. The first kappa shape index (κ1) is 21.0. The van der Waals surface area contributed by atoms with Gasteiger partial charge in [0.25, 0.3) is 0 Å². The molecule has 0 aliphatic carbocycles. The number of carbonyl (C=O) groups is 1. The lowest BCUT2D eigenvalue weighted by atomic mass is 10.1. The Labute approximate surface area is 180 Å². The van der Waals surface area contributed by atoms with E-state index in [1.54, 1.807) is 0 Å². The number of aryl methyl sites for hydroxylation is 1. The second-order valence-corrected chi connectivity index (χ2v) is 8.12. The van der Waals surface area contributed by atoms with Crippen LogP contribution in [0.1, 0.15) is 32.8 Å². The number of benzene rings is 2. The van der Waals surface area contributed by atoms with Crippen LogP contribution in [0, 0.1) is 0 Å². The highest BCUT2D eigenvalue weighted by molar-refractivity contribution is 7.80. The summed E-state index contributed by atoms with van der Waals surface area (Å²) in [5, 5.41) is 7.61. The van der Waals surface area contributed by atoms with E-state index in [0.29, 0.717) is 15.7 Å². The van der Waals surface area contributed by atoms with E-state index in [0.717, 1.165) is 30.7 Å². The Morgan fingerprint density at radius 1 is 1.03 bits per heavy atom. The normalized spacial score (nSPS) is 10.4. The van der Waals surface area contributed by atoms with E-state index in [4.69, 9.17) is 17.0 Å². The molecule has 3 aromatic rings. The summed E-state index contributed by atoms with van der Waals surface area (Å²) in [6.45, 7) is 0.760. The van der Waals surface area contributed by atoms with Crippen molar-refractivity contribution in [1.82, 2.24) is 5.32 Å². The fourth-order valence-corrected chi connectivity index (χ4v) is 4.32. The summed E-state index contributed by atoms with van der Waals surface area (Å²) < 4.78 is 4.93. The standard InChI is InChI=1S/C23H24N2O2S2/c1-27-22(26)20-16-19(15-18-11-6-3-7-12-18)29-21(20)25-23(28)24-14-8-13-17-9-4-2-5-10-17/h2-7,9-12,16H,8,13-15H2,1H3,(H2,24,25,28). The van der Waals surface area contributed by atoms with Gasteiger partial charge in [0.2, 0.25) is 0 Å². The van der Waals surface area contributed by atoms with Crippen LogP contribution in [0.25, 0.3) is 0 Å². The number of carbonyl (C=O) groups excluding carboxylic acids is 1. The van der Waals surface area contributed by atoms with Crippen LogP contribution in [0.15, 0.2) is 66.7 Å². The monoisotopic (exact) mass is 424 g/mol. The number of methoxy groups -OCH3 is 1. The summed E-state index contributed by atoms with van der Waals surface area (Å²) in [5.41, 5.74) is 3.01. The van der Waals surface area contributed by atoms with Gasteiger partial charge >= 0.3 is 5.97 Å². The first-order valence-electron chi connectivity index (χ1n) is 9.49. The van der Waals surface area contributed by atoms with Gasteiger partial charge in [-0.3, -0.25) is 0 Å². The third-order valence-electron chi connectivity index (χ3n) is 4.41. The topological polar surface area (TPSA) is 50.4 Å². The molecule has 1 heterocycles. The van der Waals surface area contributed by atoms with Crippen molar-refractivity contribution in [3.63, 3.8) is 0 Å². The van der Waals surface area contributed by atoms with Gasteiger partial charge in [-0.1, -0.05) is 60.7 Å². The number of thiocarbonyl (C=S) groups is 1. The second kappa shape index (κ2) is 10.7. The summed E-state index contributed by atoms with van der Waals surface area (Å²) in [5.74, 6) is -0.366. The Morgan fingerprint density at radius 3 is 2.34 bits per heavy atom. The molecule has 4 nitrogen and oxygen atoms in total. The number of rotatable bonds is 8. The summed E-state index contributed by atoms with van der Waals surface area (Å²) in [7, 11) is 1.39. The maximum atomic E-state index is 12.2. The van der Waals surface area contributed by atoms with Crippen LogP contribution in [0.3, 0.4) is 0 Å². The van der Waals surface area contributed by atoms with Crippen LogP contribution >= 0.6 is 23.6 Å².